The molecule has 1 aliphatic rings. The number of piperidine rings is 1. The summed E-state index contributed by atoms with van der Waals surface area (Å²) < 4.78 is 0. The number of rotatable bonds is 3. The Bertz CT molecular complexity index is 351. The normalized spacial score (nSPS) is 17.5. The van der Waals surface area contributed by atoms with Crippen LogP contribution in [0.2, 0.25) is 0 Å². The fraction of sp³-hybridized carbons (Fsp3) is 0.615. The summed E-state index contributed by atoms with van der Waals surface area (Å²) in [7, 11) is 0. The van der Waals surface area contributed by atoms with E-state index in [9.17, 15) is 4.79 Å². The zero-order valence-corrected chi connectivity index (χ0v) is 10.6. The maximum absolute atomic E-state index is 11.8. The van der Waals surface area contributed by atoms with Gasteiger partial charge in [-0.05, 0) is 25.0 Å². The number of aromatic amines is 1. The Balaban J connectivity index is 1.80. The molecule has 2 heterocycles. The third-order valence-corrected chi connectivity index (χ3v) is 3.26. The first-order valence-electron chi connectivity index (χ1n) is 6.35. The van der Waals surface area contributed by atoms with Crippen LogP contribution in [0, 0.1) is 5.92 Å². The first-order valence-corrected chi connectivity index (χ1v) is 6.35. The molecule has 1 aromatic heterocycles. The molecule has 2 N–H and O–H groups in total. The van der Waals surface area contributed by atoms with Gasteiger partial charge in [0.1, 0.15) is 5.82 Å². The molecule has 0 saturated carbocycles. The number of nitrogens with one attached hydrogen (secondary N) is 2. The average molecular weight is 235 g/mol. The molecular weight excluding hydrogens is 214 g/mol. The number of aromatic nitrogens is 1. The Labute approximate surface area is 102 Å². The van der Waals surface area contributed by atoms with Crippen LogP contribution in [-0.2, 0) is 4.79 Å². The van der Waals surface area contributed by atoms with E-state index < -0.39 is 0 Å². The summed E-state index contributed by atoms with van der Waals surface area (Å²) >= 11 is 0. The number of carbonyl (C=O) groups excluding carboxylic acids is 1. The highest BCUT2D eigenvalue weighted by atomic mass is 16.2. The highest BCUT2D eigenvalue weighted by Crippen LogP contribution is 2.16. The lowest BCUT2D eigenvalue weighted by atomic mass is 10.0. The second kappa shape index (κ2) is 5.25. The summed E-state index contributed by atoms with van der Waals surface area (Å²) in [6, 6.07) is 4.50. The number of carbonyl (C=O) groups is 1. The topological polar surface area (TPSA) is 48.1 Å². The van der Waals surface area contributed by atoms with Gasteiger partial charge in [-0.25, -0.2) is 0 Å². The van der Waals surface area contributed by atoms with E-state index in [4.69, 9.17) is 0 Å². The second-order valence-corrected chi connectivity index (χ2v) is 4.98. The molecule has 17 heavy (non-hydrogen) atoms. The Morgan fingerprint density at radius 2 is 2.18 bits per heavy atom. The van der Waals surface area contributed by atoms with Gasteiger partial charge in [0.25, 0.3) is 0 Å². The van der Waals surface area contributed by atoms with E-state index in [-0.39, 0.29) is 11.8 Å². The van der Waals surface area contributed by atoms with Crippen LogP contribution in [0.3, 0.4) is 0 Å². The molecule has 4 nitrogen and oxygen atoms in total. The lowest BCUT2D eigenvalue weighted by Gasteiger charge is -2.33. The number of likely N-dealkylation sites (tertiary alicyclic amines) is 1. The Morgan fingerprint density at radius 3 is 2.71 bits per heavy atom. The lowest BCUT2D eigenvalue weighted by Crippen LogP contribution is -2.44. The summed E-state index contributed by atoms with van der Waals surface area (Å²) in [6.45, 7) is 5.67. The summed E-state index contributed by atoms with van der Waals surface area (Å²) in [6.07, 6.45) is 3.97. The van der Waals surface area contributed by atoms with Gasteiger partial charge in [0.15, 0.2) is 0 Å². The van der Waals surface area contributed by atoms with Gasteiger partial charge in [-0.1, -0.05) is 13.8 Å². The van der Waals surface area contributed by atoms with Crippen molar-refractivity contribution < 1.29 is 4.79 Å². The first-order chi connectivity index (χ1) is 8.16. The van der Waals surface area contributed by atoms with Gasteiger partial charge in [0.2, 0.25) is 5.91 Å². The highest BCUT2D eigenvalue weighted by molar-refractivity contribution is 5.78. The molecule has 0 aliphatic carbocycles. The second-order valence-electron chi connectivity index (χ2n) is 4.98. The third kappa shape index (κ3) is 3.02. The van der Waals surface area contributed by atoms with Gasteiger partial charge in [-0.15, -0.1) is 0 Å². The van der Waals surface area contributed by atoms with E-state index in [0.29, 0.717) is 6.04 Å². The van der Waals surface area contributed by atoms with Crippen molar-refractivity contribution in [3.05, 3.63) is 18.3 Å². The highest BCUT2D eigenvalue weighted by Gasteiger charge is 2.24. The fourth-order valence-electron chi connectivity index (χ4n) is 2.25. The molecule has 0 unspecified atom stereocenters. The summed E-state index contributed by atoms with van der Waals surface area (Å²) in [5, 5.41) is 3.46. The summed E-state index contributed by atoms with van der Waals surface area (Å²) in [5.41, 5.74) is 0. The zero-order valence-electron chi connectivity index (χ0n) is 10.6. The number of nitrogens with zero attached hydrogens (tertiary/aromatic N) is 1. The van der Waals surface area contributed by atoms with E-state index in [2.05, 4.69) is 10.3 Å². The van der Waals surface area contributed by atoms with Crippen LogP contribution in [-0.4, -0.2) is 34.9 Å². The molecule has 1 aliphatic heterocycles. The minimum atomic E-state index is 0.114. The average Bonchev–Trinajstić information content (AvgIpc) is 2.82. The molecule has 0 aromatic carbocycles. The smallest absolute Gasteiger partial charge is 0.225 e. The van der Waals surface area contributed by atoms with Gasteiger partial charge in [0.05, 0.1) is 0 Å². The van der Waals surface area contributed by atoms with Crippen LogP contribution < -0.4 is 5.32 Å². The summed E-state index contributed by atoms with van der Waals surface area (Å²) in [4.78, 5) is 16.9. The van der Waals surface area contributed by atoms with Crippen molar-refractivity contribution in [1.29, 1.82) is 0 Å². The van der Waals surface area contributed by atoms with E-state index in [1.54, 1.807) is 0 Å². The van der Waals surface area contributed by atoms with E-state index in [1.807, 2.05) is 37.1 Å². The molecule has 0 spiro atoms. The fourth-order valence-corrected chi connectivity index (χ4v) is 2.25. The van der Waals surface area contributed by atoms with Crippen molar-refractivity contribution in [2.75, 3.05) is 18.4 Å². The number of H-pyrrole nitrogens is 1. The van der Waals surface area contributed by atoms with Crippen LogP contribution in [0.4, 0.5) is 5.82 Å². The minimum absolute atomic E-state index is 0.114. The van der Waals surface area contributed by atoms with Gasteiger partial charge in [-0.2, -0.15) is 0 Å². The zero-order chi connectivity index (χ0) is 12.3. The number of hydrogen-bond acceptors (Lipinski definition) is 2. The van der Waals surface area contributed by atoms with E-state index >= 15 is 0 Å². The van der Waals surface area contributed by atoms with Crippen molar-refractivity contribution in [2.45, 2.75) is 32.7 Å². The molecule has 1 fully saturated rings. The molecule has 4 heteroatoms. The maximum Gasteiger partial charge on any atom is 0.225 e. The molecule has 1 saturated heterocycles. The Morgan fingerprint density at radius 1 is 1.47 bits per heavy atom. The van der Waals surface area contributed by atoms with E-state index in [1.165, 1.54) is 0 Å². The minimum Gasteiger partial charge on any atom is -0.369 e. The SMILES string of the molecule is CC(C)C(=O)N1CCC(Nc2ccc[nH]2)CC1. The molecule has 0 bridgehead atoms. The lowest BCUT2D eigenvalue weighted by molar-refractivity contribution is -0.135. The molecule has 0 atom stereocenters. The van der Waals surface area contributed by atoms with Crippen LogP contribution in [0.25, 0.3) is 0 Å². The van der Waals surface area contributed by atoms with Crippen molar-refractivity contribution in [3.63, 3.8) is 0 Å². The van der Waals surface area contributed by atoms with Crippen molar-refractivity contribution in [2.24, 2.45) is 5.92 Å². The molecule has 94 valence electrons. The number of hydrogen-bond donors (Lipinski definition) is 2. The number of anilines is 1. The van der Waals surface area contributed by atoms with Gasteiger partial charge >= 0.3 is 0 Å². The molecular formula is C13H21N3O. The molecule has 0 radical (unpaired) electrons. The number of amides is 1. The van der Waals surface area contributed by atoms with Crippen molar-refractivity contribution >= 4 is 11.7 Å². The third-order valence-electron chi connectivity index (χ3n) is 3.26. The van der Waals surface area contributed by atoms with Crippen molar-refractivity contribution in [1.82, 2.24) is 9.88 Å². The summed E-state index contributed by atoms with van der Waals surface area (Å²) in [5.74, 6) is 1.46. The van der Waals surface area contributed by atoms with Crippen LogP contribution in [0.1, 0.15) is 26.7 Å². The van der Waals surface area contributed by atoms with Crippen LogP contribution in [0.15, 0.2) is 18.3 Å². The molecule has 1 amide bonds. The molecule has 2 rings (SSSR count). The predicted octanol–water partition coefficient (Wildman–Crippen LogP) is 2.07. The maximum atomic E-state index is 11.8. The standard InChI is InChI=1S/C13H21N3O/c1-10(2)13(17)16-8-5-11(6-9-16)15-12-4-3-7-14-12/h3-4,7,10-11,14-15H,5-6,8-9H2,1-2H3. The van der Waals surface area contributed by atoms with E-state index in [0.717, 1.165) is 31.7 Å². The molecule has 1 aromatic rings. The Kier molecular flexibility index (Phi) is 3.71. The van der Waals surface area contributed by atoms with Gasteiger partial charge < -0.3 is 15.2 Å². The van der Waals surface area contributed by atoms with Crippen LogP contribution in [0.5, 0.6) is 0 Å². The first kappa shape index (κ1) is 12.0. The van der Waals surface area contributed by atoms with Crippen LogP contribution >= 0.6 is 0 Å². The van der Waals surface area contributed by atoms with Gasteiger partial charge in [-0.3, -0.25) is 4.79 Å². The monoisotopic (exact) mass is 235 g/mol. The predicted molar refractivity (Wildman–Crippen MR) is 68.9 cm³/mol. The van der Waals surface area contributed by atoms with Gasteiger partial charge in [0, 0.05) is 31.2 Å². The Hall–Kier alpha value is -1.45. The quantitative estimate of drug-likeness (QED) is 0.842. The largest absolute Gasteiger partial charge is 0.369 e. The van der Waals surface area contributed by atoms with Crippen molar-refractivity contribution in [3.8, 4) is 0 Å².